The highest BCUT2D eigenvalue weighted by molar-refractivity contribution is 5.44. The largest absolute Gasteiger partial charge is 0.433 e. The lowest BCUT2D eigenvalue weighted by Gasteiger charge is -2.15. The molecule has 0 saturated heterocycles. The second kappa shape index (κ2) is 5.89. The third-order valence-electron chi connectivity index (χ3n) is 3.26. The predicted octanol–water partition coefficient (Wildman–Crippen LogP) is 3.62. The SMILES string of the molecule is CCNCc1cnn(-c2ccc(C)cc2C)c1C(F)(F)F. The monoisotopic (exact) mass is 297 g/mol. The van der Waals surface area contributed by atoms with Crippen molar-refractivity contribution in [3.05, 3.63) is 46.8 Å². The zero-order chi connectivity index (χ0) is 15.6. The Morgan fingerprint density at radius 3 is 2.52 bits per heavy atom. The molecule has 0 atom stereocenters. The second-order valence-corrected chi connectivity index (χ2v) is 5.00. The molecule has 0 radical (unpaired) electrons. The molecule has 2 rings (SSSR count). The molecule has 0 spiro atoms. The molecule has 0 saturated carbocycles. The average molecular weight is 297 g/mol. The Balaban J connectivity index is 2.55. The molecule has 0 amide bonds. The van der Waals surface area contributed by atoms with Gasteiger partial charge in [-0.3, -0.25) is 0 Å². The highest BCUT2D eigenvalue weighted by Gasteiger charge is 2.38. The number of benzene rings is 1. The van der Waals surface area contributed by atoms with Gasteiger partial charge in [0.1, 0.15) is 0 Å². The fraction of sp³-hybridized carbons (Fsp3) is 0.400. The molecule has 1 heterocycles. The summed E-state index contributed by atoms with van der Waals surface area (Å²) in [5.74, 6) is 0. The van der Waals surface area contributed by atoms with Crippen molar-refractivity contribution in [3.63, 3.8) is 0 Å². The van der Waals surface area contributed by atoms with Gasteiger partial charge < -0.3 is 5.32 Å². The topological polar surface area (TPSA) is 29.9 Å². The Morgan fingerprint density at radius 1 is 1.24 bits per heavy atom. The number of nitrogens with one attached hydrogen (secondary N) is 1. The van der Waals surface area contributed by atoms with Crippen LogP contribution in [0.4, 0.5) is 13.2 Å². The van der Waals surface area contributed by atoms with Crippen LogP contribution in [0.15, 0.2) is 24.4 Å². The van der Waals surface area contributed by atoms with Gasteiger partial charge in [-0.15, -0.1) is 0 Å². The zero-order valence-electron chi connectivity index (χ0n) is 12.3. The first-order valence-corrected chi connectivity index (χ1v) is 6.77. The number of rotatable bonds is 4. The van der Waals surface area contributed by atoms with Gasteiger partial charge in [0.2, 0.25) is 0 Å². The van der Waals surface area contributed by atoms with Gasteiger partial charge in [-0.1, -0.05) is 24.6 Å². The standard InChI is InChI=1S/C15H18F3N3/c1-4-19-8-12-9-20-21(14(12)15(16,17)18)13-6-5-10(2)7-11(13)3/h5-7,9,19H,4,8H2,1-3H3. The van der Waals surface area contributed by atoms with Crippen molar-refractivity contribution in [3.8, 4) is 5.69 Å². The highest BCUT2D eigenvalue weighted by atomic mass is 19.4. The van der Waals surface area contributed by atoms with Crippen molar-refractivity contribution in [1.82, 2.24) is 15.1 Å². The summed E-state index contributed by atoms with van der Waals surface area (Å²) >= 11 is 0. The van der Waals surface area contributed by atoms with Crippen LogP contribution in [0.1, 0.15) is 29.3 Å². The minimum atomic E-state index is -4.45. The van der Waals surface area contributed by atoms with E-state index in [0.29, 0.717) is 12.2 Å². The summed E-state index contributed by atoms with van der Waals surface area (Å²) in [5, 5.41) is 6.87. The van der Waals surface area contributed by atoms with Crippen LogP contribution in [-0.4, -0.2) is 16.3 Å². The first-order chi connectivity index (χ1) is 9.84. The normalized spacial score (nSPS) is 11.9. The summed E-state index contributed by atoms with van der Waals surface area (Å²) in [6.45, 7) is 6.29. The lowest BCUT2D eigenvalue weighted by atomic mass is 10.1. The Kier molecular flexibility index (Phi) is 4.37. The molecule has 114 valence electrons. The van der Waals surface area contributed by atoms with E-state index in [-0.39, 0.29) is 12.1 Å². The molecule has 2 aromatic rings. The molecule has 0 aliphatic heterocycles. The molecule has 0 unspecified atom stereocenters. The Hall–Kier alpha value is -1.82. The van der Waals surface area contributed by atoms with E-state index in [4.69, 9.17) is 0 Å². The number of alkyl halides is 3. The Bertz CT molecular complexity index is 630. The molecule has 1 aromatic carbocycles. The van der Waals surface area contributed by atoms with E-state index < -0.39 is 11.9 Å². The molecule has 0 aliphatic carbocycles. The molecule has 0 bridgehead atoms. The van der Waals surface area contributed by atoms with E-state index in [0.717, 1.165) is 15.8 Å². The van der Waals surface area contributed by atoms with E-state index in [2.05, 4.69) is 10.4 Å². The number of aromatic nitrogens is 2. The zero-order valence-corrected chi connectivity index (χ0v) is 12.3. The maximum Gasteiger partial charge on any atom is 0.433 e. The number of nitrogens with zero attached hydrogens (tertiary/aromatic N) is 2. The van der Waals surface area contributed by atoms with Gasteiger partial charge in [0.05, 0.1) is 11.9 Å². The van der Waals surface area contributed by atoms with Crippen molar-refractivity contribution in [2.24, 2.45) is 0 Å². The van der Waals surface area contributed by atoms with Crippen molar-refractivity contribution in [2.45, 2.75) is 33.5 Å². The summed E-state index contributed by atoms with van der Waals surface area (Å²) in [4.78, 5) is 0. The smallest absolute Gasteiger partial charge is 0.313 e. The third kappa shape index (κ3) is 3.26. The quantitative estimate of drug-likeness (QED) is 0.934. The van der Waals surface area contributed by atoms with Gasteiger partial charge in [-0.05, 0) is 32.0 Å². The summed E-state index contributed by atoms with van der Waals surface area (Å²) in [6.07, 6.45) is -3.16. The van der Waals surface area contributed by atoms with Crippen LogP contribution in [0, 0.1) is 13.8 Å². The van der Waals surface area contributed by atoms with Crippen LogP contribution >= 0.6 is 0 Å². The molecule has 0 fully saturated rings. The molecule has 3 nitrogen and oxygen atoms in total. The maximum absolute atomic E-state index is 13.4. The van der Waals surface area contributed by atoms with Crippen LogP contribution < -0.4 is 5.32 Å². The van der Waals surface area contributed by atoms with Gasteiger partial charge in [-0.2, -0.15) is 18.3 Å². The van der Waals surface area contributed by atoms with Crippen molar-refractivity contribution >= 4 is 0 Å². The van der Waals surface area contributed by atoms with Crippen LogP contribution in [0.25, 0.3) is 5.69 Å². The first kappa shape index (κ1) is 15.6. The number of hydrogen-bond acceptors (Lipinski definition) is 2. The van der Waals surface area contributed by atoms with E-state index in [1.54, 1.807) is 19.1 Å². The molecular formula is C15H18F3N3. The highest BCUT2D eigenvalue weighted by Crippen LogP contribution is 2.34. The van der Waals surface area contributed by atoms with Crippen LogP contribution in [0.2, 0.25) is 0 Å². The van der Waals surface area contributed by atoms with Crippen molar-refractivity contribution in [2.75, 3.05) is 6.54 Å². The molecule has 6 heteroatoms. The summed E-state index contributed by atoms with van der Waals surface area (Å²) in [6, 6.07) is 5.30. The predicted molar refractivity (Wildman–Crippen MR) is 75.4 cm³/mol. The minimum absolute atomic E-state index is 0.149. The van der Waals surface area contributed by atoms with Crippen LogP contribution in [-0.2, 0) is 12.7 Å². The molecule has 1 N–H and O–H groups in total. The van der Waals surface area contributed by atoms with Gasteiger partial charge in [0.15, 0.2) is 5.69 Å². The Morgan fingerprint density at radius 2 is 1.95 bits per heavy atom. The van der Waals surface area contributed by atoms with Crippen molar-refractivity contribution in [1.29, 1.82) is 0 Å². The molecule has 0 aliphatic rings. The first-order valence-electron chi connectivity index (χ1n) is 6.77. The van der Waals surface area contributed by atoms with Gasteiger partial charge >= 0.3 is 6.18 Å². The van der Waals surface area contributed by atoms with E-state index >= 15 is 0 Å². The average Bonchev–Trinajstić information content (AvgIpc) is 2.80. The van der Waals surface area contributed by atoms with E-state index in [9.17, 15) is 13.2 Å². The summed E-state index contributed by atoms with van der Waals surface area (Å²) < 4.78 is 41.1. The lowest BCUT2D eigenvalue weighted by molar-refractivity contribution is -0.143. The number of aryl methyl sites for hydroxylation is 2. The van der Waals surface area contributed by atoms with E-state index in [1.165, 1.54) is 6.20 Å². The minimum Gasteiger partial charge on any atom is -0.313 e. The third-order valence-corrected chi connectivity index (χ3v) is 3.26. The van der Waals surface area contributed by atoms with Gasteiger partial charge in [0, 0.05) is 12.1 Å². The van der Waals surface area contributed by atoms with Crippen molar-refractivity contribution < 1.29 is 13.2 Å². The lowest BCUT2D eigenvalue weighted by Crippen LogP contribution is -2.19. The van der Waals surface area contributed by atoms with E-state index in [1.807, 2.05) is 19.9 Å². The summed E-state index contributed by atoms with van der Waals surface area (Å²) in [7, 11) is 0. The Labute approximate surface area is 121 Å². The molecule has 21 heavy (non-hydrogen) atoms. The summed E-state index contributed by atoms with van der Waals surface area (Å²) in [5.41, 5.74) is 1.67. The molecule has 1 aromatic heterocycles. The fourth-order valence-corrected chi connectivity index (χ4v) is 2.30. The van der Waals surface area contributed by atoms with Crippen LogP contribution in [0.5, 0.6) is 0 Å². The van der Waals surface area contributed by atoms with Crippen LogP contribution in [0.3, 0.4) is 0 Å². The molecular weight excluding hydrogens is 279 g/mol. The number of halogens is 3. The van der Waals surface area contributed by atoms with Gasteiger partial charge in [0.25, 0.3) is 0 Å². The fourth-order valence-electron chi connectivity index (χ4n) is 2.30. The second-order valence-electron chi connectivity index (χ2n) is 5.00. The maximum atomic E-state index is 13.4. The van der Waals surface area contributed by atoms with Gasteiger partial charge in [-0.25, -0.2) is 4.68 Å². The number of hydrogen-bond donors (Lipinski definition) is 1.